The van der Waals surface area contributed by atoms with Crippen molar-refractivity contribution in [1.29, 1.82) is 0 Å². The molecule has 0 fully saturated rings. The monoisotopic (exact) mass is 291 g/mol. The highest BCUT2D eigenvalue weighted by Crippen LogP contribution is 2.13. The topological polar surface area (TPSA) is 64.0 Å². The summed E-state index contributed by atoms with van der Waals surface area (Å²) in [5.74, 6) is -0.289. The molecule has 104 valence electrons. The van der Waals surface area contributed by atoms with Crippen LogP contribution in [0.1, 0.15) is 23.0 Å². The van der Waals surface area contributed by atoms with Crippen LogP contribution in [-0.4, -0.2) is 15.5 Å². The van der Waals surface area contributed by atoms with E-state index < -0.39 is 0 Å². The summed E-state index contributed by atoms with van der Waals surface area (Å²) < 4.78 is 1.40. The molecular formula is C14H14ClN3O2. The molecule has 0 bridgehead atoms. The van der Waals surface area contributed by atoms with E-state index in [2.05, 4.69) is 10.3 Å². The van der Waals surface area contributed by atoms with Crippen molar-refractivity contribution in [2.75, 3.05) is 5.32 Å². The molecule has 0 spiro atoms. The van der Waals surface area contributed by atoms with Crippen molar-refractivity contribution in [3.8, 4) is 0 Å². The molecule has 0 radical (unpaired) electrons. The summed E-state index contributed by atoms with van der Waals surface area (Å²) in [7, 11) is 1.62. The molecule has 0 saturated carbocycles. The zero-order valence-corrected chi connectivity index (χ0v) is 11.9. The summed E-state index contributed by atoms with van der Waals surface area (Å²) in [6.45, 7) is 1.94. The normalized spacial score (nSPS) is 10.3. The van der Waals surface area contributed by atoms with E-state index in [1.165, 1.54) is 16.7 Å². The Morgan fingerprint density at radius 2 is 2.15 bits per heavy atom. The van der Waals surface area contributed by atoms with E-state index in [0.29, 0.717) is 17.7 Å². The first-order valence-electron chi connectivity index (χ1n) is 6.14. The van der Waals surface area contributed by atoms with Gasteiger partial charge in [0.05, 0.1) is 5.69 Å². The van der Waals surface area contributed by atoms with E-state index in [1.54, 1.807) is 25.4 Å². The number of pyridine rings is 2. The average Bonchev–Trinajstić information content (AvgIpc) is 2.42. The molecule has 5 nitrogen and oxygen atoms in total. The zero-order chi connectivity index (χ0) is 14.7. The number of anilines is 1. The molecule has 2 rings (SSSR count). The van der Waals surface area contributed by atoms with Gasteiger partial charge in [0.15, 0.2) is 0 Å². The van der Waals surface area contributed by atoms with Crippen LogP contribution < -0.4 is 10.9 Å². The van der Waals surface area contributed by atoms with Gasteiger partial charge >= 0.3 is 0 Å². The van der Waals surface area contributed by atoms with Gasteiger partial charge in [0.1, 0.15) is 5.15 Å². The average molecular weight is 292 g/mol. The zero-order valence-electron chi connectivity index (χ0n) is 11.2. The van der Waals surface area contributed by atoms with Gasteiger partial charge in [-0.3, -0.25) is 9.59 Å². The Morgan fingerprint density at radius 3 is 2.80 bits per heavy atom. The van der Waals surface area contributed by atoms with Crippen molar-refractivity contribution in [3.05, 3.63) is 57.2 Å². The molecule has 2 aromatic heterocycles. The summed E-state index contributed by atoms with van der Waals surface area (Å²) in [4.78, 5) is 27.5. The van der Waals surface area contributed by atoms with Crippen LogP contribution in [0, 0.1) is 0 Å². The lowest BCUT2D eigenvalue weighted by molar-refractivity contribution is 0.102. The van der Waals surface area contributed by atoms with Crippen LogP contribution in [-0.2, 0) is 13.5 Å². The second kappa shape index (κ2) is 5.88. The Bertz CT molecular complexity index is 710. The fraction of sp³-hybridized carbons (Fsp3) is 0.214. The number of nitrogens with zero attached hydrogens (tertiary/aromatic N) is 2. The van der Waals surface area contributed by atoms with Crippen LogP contribution in [0.15, 0.2) is 35.3 Å². The third-order valence-corrected chi connectivity index (χ3v) is 3.01. The second-order valence-electron chi connectivity index (χ2n) is 4.34. The van der Waals surface area contributed by atoms with Gasteiger partial charge in [-0.2, -0.15) is 0 Å². The van der Waals surface area contributed by atoms with E-state index in [-0.39, 0.29) is 16.6 Å². The summed E-state index contributed by atoms with van der Waals surface area (Å²) >= 11 is 5.89. The van der Waals surface area contributed by atoms with Crippen molar-refractivity contribution in [1.82, 2.24) is 9.55 Å². The number of halogens is 1. The lowest BCUT2D eigenvalue weighted by Crippen LogP contribution is -2.18. The molecule has 20 heavy (non-hydrogen) atoms. The van der Waals surface area contributed by atoms with Gasteiger partial charge in [-0.1, -0.05) is 18.5 Å². The molecule has 2 aromatic rings. The molecular weight excluding hydrogens is 278 g/mol. The van der Waals surface area contributed by atoms with Crippen molar-refractivity contribution in [2.24, 2.45) is 7.05 Å². The first kappa shape index (κ1) is 14.3. The molecule has 0 aromatic carbocycles. The molecule has 0 atom stereocenters. The van der Waals surface area contributed by atoms with Crippen LogP contribution in [0.5, 0.6) is 0 Å². The van der Waals surface area contributed by atoms with Gasteiger partial charge in [0, 0.05) is 30.6 Å². The van der Waals surface area contributed by atoms with Crippen molar-refractivity contribution in [3.63, 3.8) is 0 Å². The van der Waals surface area contributed by atoms with E-state index in [4.69, 9.17) is 11.6 Å². The quantitative estimate of drug-likeness (QED) is 0.882. The molecule has 2 heterocycles. The fourth-order valence-corrected chi connectivity index (χ4v) is 1.96. The van der Waals surface area contributed by atoms with Crippen LogP contribution in [0.25, 0.3) is 0 Å². The number of nitrogens with one attached hydrogen (secondary N) is 1. The van der Waals surface area contributed by atoms with E-state index >= 15 is 0 Å². The highest BCUT2D eigenvalue weighted by atomic mass is 35.5. The Morgan fingerprint density at radius 1 is 1.40 bits per heavy atom. The maximum atomic E-state index is 12.1. The number of rotatable bonds is 3. The number of amides is 1. The number of hydrogen-bond donors (Lipinski definition) is 1. The molecule has 1 N–H and O–H groups in total. The third-order valence-electron chi connectivity index (χ3n) is 2.82. The van der Waals surface area contributed by atoms with Gasteiger partial charge in [-0.15, -0.1) is 0 Å². The molecule has 6 heteroatoms. The van der Waals surface area contributed by atoms with Crippen molar-refractivity contribution in [2.45, 2.75) is 13.3 Å². The van der Waals surface area contributed by atoms with E-state index in [0.717, 1.165) is 5.69 Å². The largest absolute Gasteiger partial charge is 0.321 e. The number of carbonyl (C=O) groups is 1. The van der Waals surface area contributed by atoms with E-state index in [1.807, 2.05) is 6.92 Å². The van der Waals surface area contributed by atoms with Crippen LogP contribution in [0.2, 0.25) is 5.15 Å². The minimum Gasteiger partial charge on any atom is -0.321 e. The Hall–Kier alpha value is -2.14. The predicted molar refractivity (Wildman–Crippen MR) is 78.3 cm³/mol. The Labute approximate surface area is 121 Å². The van der Waals surface area contributed by atoms with Gasteiger partial charge in [0.25, 0.3) is 5.91 Å². The highest BCUT2D eigenvalue weighted by Gasteiger charge is 2.09. The number of aromatic nitrogens is 2. The molecule has 1 amide bonds. The number of carbonyl (C=O) groups excluding carboxylic acids is 1. The molecule has 0 aliphatic heterocycles. The Balaban J connectivity index is 2.25. The molecule has 0 saturated heterocycles. The third kappa shape index (κ3) is 3.24. The Kier molecular flexibility index (Phi) is 4.20. The fourth-order valence-electron chi connectivity index (χ4n) is 1.73. The minimum absolute atomic E-state index is 0.136. The van der Waals surface area contributed by atoms with Crippen LogP contribution >= 0.6 is 11.6 Å². The lowest BCUT2D eigenvalue weighted by Gasteiger charge is -2.08. The lowest BCUT2D eigenvalue weighted by atomic mass is 10.2. The van der Waals surface area contributed by atoms with Gasteiger partial charge in [-0.05, 0) is 24.6 Å². The second-order valence-corrected chi connectivity index (χ2v) is 4.73. The summed E-state index contributed by atoms with van der Waals surface area (Å²) in [6, 6.07) is 6.16. The van der Waals surface area contributed by atoms with Gasteiger partial charge < -0.3 is 9.88 Å². The summed E-state index contributed by atoms with van der Waals surface area (Å²) in [5, 5.41) is 3.01. The smallest absolute Gasteiger partial charge is 0.255 e. The van der Waals surface area contributed by atoms with Gasteiger partial charge in [-0.25, -0.2) is 4.98 Å². The standard InChI is InChI=1S/C14H14ClN3O2/c1-3-10-6-9(7-12(15)16-10)14(20)17-11-4-5-13(19)18(2)8-11/h4-8H,3H2,1-2H3,(H,17,20). The van der Waals surface area contributed by atoms with Crippen LogP contribution in [0.3, 0.4) is 0 Å². The van der Waals surface area contributed by atoms with Crippen molar-refractivity contribution >= 4 is 23.2 Å². The first-order valence-corrected chi connectivity index (χ1v) is 6.52. The predicted octanol–water partition coefficient (Wildman–Crippen LogP) is 2.25. The summed E-state index contributed by atoms with van der Waals surface area (Å²) in [6.07, 6.45) is 2.25. The molecule has 0 aliphatic carbocycles. The number of aryl methyl sites for hydroxylation is 2. The van der Waals surface area contributed by atoms with E-state index in [9.17, 15) is 9.59 Å². The van der Waals surface area contributed by atoms with Gasteiger partial charge in [0.2, 0.25) is 5.56 Å². The molecule has 0 unspecified atom stereocenters. The van der Waals surface area contributed by atoms with Crippen LogP contribution in [0.4, 0.5) is 5.69 Å². The number of hydrogen-bond acceptors (Lipinski definition) is 3. The highest BCUT2D eigenvalue weighted by molar-refractivity contribution is 6.29. The van der Waals surface area contributed by atoms with Crippen molar-refractivity contribution < 1.29 is 4.79 Å². The summed E-state index contributed by atoms with van der Waals surface area (Å²) in [5.41, 5.74) is 1.60. The minimum atomic E-state index is -0.289. The first-order chi connectivity index (χ1) is 9.49. The maximum absolute atomic E-state index is 12.1. The SMILES string of the molecule is CCc1cc(C(=O)Nc2ccc(=O)n(C)c2)cc(Cl)n1. The maximum Gasteiger partial charge on any atom is 0.255 e. The molecule has 0 aliphatic rings.